The maximum atomic E-state index is 13.6. The molecule has 3 heteroatoms. The molecular weight excluding hydrogens is 256 g/mol. The second kappa shape index (κ2) is 6.14. The minimum Gasteiger partial charge on any atom is -0.306 e. The molecule has 0 bridgehead atoms. The van der Waals surface area contributed by atoms with Crippen molar-refractivity contribution in [1.82, 2.24) is 5.32 Å². The van der Waals surface area contributed by atoms with Gasteiger partial charge in [-0.15, -0.1) is 0 Å². The van der Waals surface area contributed by atoms with Crippen LogP contribution in [0.15, 0.2) is 36.4 Å². The van der Waals surface area contributed by atoms with Crippen molar-refractivity contribution in [3.63, 3.8) is 0 Å². The first-order valence-electron chi connectivity index (χ1n) is 6.72. The standard InChI is InChI=1S/C17H19F2N/c1-11-4-7-16(18)15(8-11)10-20-13(3)14-6-5-12(2)17(19)9-14/h4-9,13,20H,10H2,1-3H3. The first-order chi connectivity index (χ1) is 9.47. The number of benzene rings is 2. The Morgan fingerprint density at radius 3 is 2.45 bits per heavy atom. The number of hydrogen-bond acceptors (Lipinski definition) is 1. The van der Waals surface area contributed by atoms with Crippen molar-refractivity contribution in [3.8, 4) is 0 Å². The smallest absolute Gasteiger partial charge is 0.127 e. The van der Waals surface area contributed by atoms with Crippen LogP contribution in [-0.2, 0) is 6.54 Å². The van der Waals surface area contributed by atoms with Crippen molar-refractivity contribution in [2.24, 2.45) is 0 Å². The molecule has 0 aliphatic rings. The molecule has 2 aromatic carbocycles. The van der Waals surface area contributed by atoms with Gasteiger partial charge in [-0.05, 0) is 44.0 Å². The molecule has 1 unspecified atom stereocenters. The lowest BCUT2D eigenvalue weighted by atomic mass is 10.1. The van der Waals surface area contributed by atoms with Crippen LogP contribution in [0.2, 0.25) is 0 Å². The normalized spacial score (nSPS) is 12.4. The summed E-state index contributed by atoms with van der Waals surface area (Å²) in [7, 11) is 0. The Morgan fingerprint density at radius 1 is 1.00 bits per heavy atom. The zero-order valence-corrected chi connectivity index (χ0v) is 12.0. The highest BCUT2D eigenvalue weighted by atomic mass is 19.1. The Morgan fingerprint density at radius 2 is 1.75 bits per heavy atom. The first kappa shape index (κ1) is 14.7. The molecule has 0 aromatic heterocycles. The average Bonchev–Trinajstić information content (AvgIpc) is 2.42. The second-order valence-corrected chi connectivity index (χ2v) is 5.21. The van der Waals surface area contributed by atoms with E-state index in [1.54, 1.807) is 19.1 Å². The Bertz CT molecular complexity index is 608. The summed E-state index contributed by atoms with van der Waals surface area (Å²) in [5, 5.41) is 3.22. The van der Waals surface area contributed by atoms with Gasteiger partial charge in [-0.1, -0.05) is 29.8 Å². The molecule has 0 saturated heterocycles. The summed E-state index contributed by atoms with van der Waals surface area (Å²) in [5.41, 5.74) is 3.15. The molecule has 0 radical (unpaired) electrons. The molecule has 0 fully saturated rings. The fourth-order valence-electron chi connectivity index (χ4n) is 2.10. The van der Waals surface area contributed by atoms with Crippen molar-refractivity contribution in [2.45, 2.75) is 33.4 Å². The fraction of sp³-hybridized carbons (Fsp3) is 0.294. The maximum Gasteiger partial charge on any atom is 0.127 e. The molecule has 20 heavy (non-hydrogen) atoms. The molecule has 0 amide bonds. The lowest BCUT2D eigenvalue weighted by Crippen LogP contribution is -2.19. The highest BCUT2D eigenvalue weighted by Gasteiger charge is 2.09. The van der Waals surface area contributed by atoms with Crippen LogP contribution >= 0.6 is 0 Å². The van der Waals surface area contributed by atoms with E-state index in [0.29, 0.717) is 17.7 Å². The summed E-state index contributed by atoms with van der Waals surface area (Å²) < 4.78 is 27.2. The molecule has 2 rings (SSSR count). The van der Waals surface area contributed by atoms with E-state index >= 15 is 0 Å². The van der Waals surface area contributed by atoms with Gasteiger partial charge < -0.3 is 5.32 Å². The van der Waals surface area contributed by atoms with Gasteiger partial charge in [-0.2, -0.15) is 0 Å². The minimum atomic E-state index is -0.217. The van der Waals surface area contributed by atoms with Gasteiger partial charge in [0.05, 0.1) is 0 Å². The molecule has 0 heterocycles. The van der Waals surface area contributed by atoms with E-state index in [9.17, 15) is 8.78 Å². The van der Waals surface area contributed by atoms with Crippen LogP contribution in [0.4, 0.5) is 8.78 Å². The third kappa shape index (κ3) is 3.42. The molecule has 2 aromatic rings. The van der Waals surface area contributed by atoms with Gasteiger partial charge in [-0.3, -0.25) is 0 Å². The van der Waals surface area contributed by atoms with Crippen LogP contribution in [0.3, 0.4) is 0 Å². The lowest BCUT2D eigenvalue weighted by Gasteiger charge is -2.15. The van der Waals surface area contributed by atoms with Gasteiger partial charge in [0, 0.05) is 18.2 Å². The van der Waals surface area contributed by atoms with Gasteiger partial charge in [0.2, 0.25) is 0 Å². The zero-order chi connectivity index (χ0) is 14.7. The van der Waals surface area contributed by atoms with Gasteiger partial charge in [-0.25, -0.2) is 8.78 Å². The molecule has 106 valence electrons. The summed E-state index contributed by atoms with van der Waals surface area (Å²) in [5.74, 6) is -0.428. The van der Waals surface area contributed by atoms with Gasteiger partial charge in [0.1, 0.15) is 11.6 Å². The van der Waals surface area contributed by atoms with Crippen LogP contribution in [0.1, 0.15) is 35.2 Å². The molecule has 0 spiro atoms. The minimum absolute atomic E-state index is 0.0370. The van der Waals surface area contributed by atoms with Crippen molar-refractivity contribution >= 4 is 0 Å². The second-order valence-electron chi connectivity index (χ2n) is 5.21. The Hall–Kier alpha value is -1.74. The summed E-state index contributed by atoms with van der Waals surface area (Å²) >= 11 is 0. The van der Waals surface area contributed by atoms with Crippen molar-refractivity contribution in [2.75, 3.05) is 0 Å². The van der Waals surface area contributed by atoms with E-state index in [-0.39, 0.29) is 17.7 Å². The molecule has 0 aliphatic heterocycles. The Balaban J connectivity index is 2.06. The number of aryl methyl sites for hydroxylation is 2. The summed E-state index contributed by atoms with van der Waals surface area (Å²) in [6.45, 7) is 6.03. The zero-order valence-electron chi connectivity index (χ0n) is 12.0. The van der Waals surface area contributed by atoms with Crippen molar-refractivity contribution < 1.29 is 8.78 Å². The largest absolute Gasteiger partial charge is 0.306 e. The first-order valence-corrected chi connectivity index (χ1v) is 6.72. The molecule has 1 atom stereocenters. The highest BCUT2D eigenvalue weighted by Crippen LogP contribution is 2.17. The fourth-order valence-corrected chi connectivity index (χ4v) is 2.10. The quantitative estimate of drug-likeness (QED) is 0.870. The van der Waals surface area contributed by atoms with E-state index in [1.165, 1.54) is 12.1 Å². The van der Waals surface area contributed by atoms with Gasteiger partial charge >= 0.3 is 0 Å². The van der Waals surface area contributed by atoms with Gasteiger partial charge in [0.25, 0.3) is 0 Å². The number of rotatable bonds is 4. The topological polar surface area (TPSA) is 12.0 Å². The summed E-state index contributed by atoms with van der Waals surface area (Å²) in [6.07, 6.45) is 0. The molecule has 0 saturated carbocycles. The molecule has 1 N–H and O–H groups in total. The number of hydrogen-bond donors (Lipinski definition) is 1. The van der Waals surface area contributed by atoms with Gasteiger partial charge in [0.15, 0.2) is 0 Å². The third-order valence-corrected chi connectivity index (χ3v) is 3.50. The Labute approximate surface area is 118 Å². The van der Waals surface area contributed by atoms with E-state index in [1.807, 2.05) is 26.0 Å². The molecular formula is C17H19F2N. The average molecular weight is 275 g/mol. The van der Waals surface area contributed by atoms with E-state index in [2.05, 4.69) is 5.32 Å². The summed E-state index contributed by atoms with van der Waals surface area (Å²) in [4.78, 5) is 0. The predicted octanol–water partition coefficient (Wildman–Crippen LogP) is 4.43. The molecule has 1 nitrogen and oxygen atoms in total. The van der Waals surface area contributed by atoms with E-state index in [0.717, 1.165) is 11.1 Å². The lowest BCUT2D eigenvalue weighted by molar-refractivity contribution is 0.539. The predicted molar refractivity (Wildman–Crippen MR) is 77.5 cm³/mol. The van der Waals surface area contributed by atoms with Crippen molar-refractivity contribution in [3.05, 3.63) is 70.3 Å². The summed E-state index contributed by atoms with van der Waals surface area (Å²) in [6, 6.07) is 10.2. The SMILES string of the molecule is Cc1ccc(F)c(CNC(C)c2ccc(C)c(F)c2)c1. The Kier molecular flexibility index (Phi) is 4.50. The monoisotopic (exact) mass is 275 g/mol. The number of halogens is 2. The van der Waals surface area contributed by atoms with Crippen LogP contribution in [0, 0.1) is 25.5 Å². The maximum absolute atomic E-state index is 13.6. The van der Waals surface area contributed by atoms with Crippen LogP contribution in [0.5, 0.6) is 0 Å². The number of nitrogens with one attached hydrogen (secondary N) is 1. The highest BCUT2D eigenvalue weighted by molar-refractivity contribution is 5.27. The van der Waals surface area contributed by atoms with E-state index < -0.39 is 0 Å². The third-order valence-electron chi connectivity index (χ3n) is 3.50. The van der Waals surface area contributed by atoms with Crippen LogP contribution in [-0.4, -0.2) is 0 Å². The van der Waals surface area contributed by atoms with Crippen LogP contribution in [0.25, 0.3) is 0 Å². The van der Waals surface area contributed by atoms with Crippen LogP contribution < -0.4 is 5.32 Å². The van der Waals surface area contributed by atoms with Crippen molar-refractivity contribution in [1.29, 1.82) is 0 Å². The molecule has 0 aliphatic carbocycles. The van der Waals surface area contributed by atoms with E-state index in [4.69, 9.17) is 0 Å².